The fraction of sp³-hybridized carbons (Fsp3) is 0.882. The van der Waals surface area contributed by atoms with Gasteiger partial charge in [-0.05, 0) is 49.9 Å². The largest absolute Gasteiger partial charge is 0.393 e. The molecule has 0 aromatic rings. The van der Waals surface area contributed by atoms with Crippen LogP contribution >= 0.6 is 11.8 Å². The highest BCUT2D eigenvalue weighted by Crippen LogP contribution is 2.53. The molecule has 2 aliphatic carbocycles. The summed E-state index contributed by atoms with van der Waals surface area (Å²) >= 11 is 1.86. The molecule has 0 amide bonds. The van der Waals surface area contributed by atoms with Crippen LogP contribution in [0.3, 0.4) is 0 Å². The summed E-state index contributed by atoms with van der Waals surface area (Å²) in [7, 11) is 0. The number of rotatable bonds is 6. The average molecular weight is 298 g/mol. The van der Waals surface area contributed by atoms with Crippen LogP contribution < -0.4 is 0 Å². The first-order valence-electron chi connectivity index (χ1n) is 8.13. The van der Waals surface area contributed by atoms with Crippen molar-refractivity contribution in [1.82, 2.24) is 0 Å². The van der Waals surface area contributed by atoms with E-state index in [0.717, 1.165) is 43.6 Å². The van der Waals surface area contributed by atoms with Crippen LogP contribution in [0.25, 0.3) is 0 Å². The van der Waals surface area contributed by atoms with Gasteiger partial charge in [-0.25, -0.2) is 0 Å². The molecule has 0 aliphatic heterocycles. The van der Waals surface area contributed by atoms with Crippen LogP contribution in [0.1, 0.15) is 59.3 Å². The molecule has 2 rings (SSSR count). The first-order chi connectivity index (χ1) is 9.45. The van der Waals surface area contributed by atoms with Gasteiger partial charge < -0.3 is 10.2 Å². The molecule has 2 unspecified atom stereocenters. The molecule has 0 aromatic heterocycles. The predicted molar refractivity (Wildman–Crippen MR) is 87.0 cm³/mol. The van der Waals surface area contributed by atoms with E-state index in [4.69, 9.17) is 0 Å². The summed E-state index contributed by atoms with van der Waals surface area (Å²) in [6.07, 6.45) is 8.28. The van der Waals surface area contributed by atoms with Crippen LogP contribution in [0.4, 0.5) is 0 Å². The van der Waals surface area contributed by atoms with Gasteiger partial charge in [0.1, 0.15) is 0 Å². The molecule has 20 heavy (non-hydrogen) atoms. The average Bonchev–Trinajstić information content (AvgIpc) is 2.77. The van der Waals surface area contributed by atoms with Crippen molar-refractivity contribution in [1.29, 1.82) is 0 Å². The van der Waals surface area contributed by atoms with E-state index < -0.39 is 5.60 Å². The van der Waals surface area contributed by atoms with Crippen LogP contribution in [-0.4, -0.2) is 33.4 Å². The minimum absolute atomic E-state index is 0.115. The van der Waals surface area contributed by atoms with Crippen LogP contribution in [0.2, 0.25) is 0 Å². The van der Waals surface area contributed by atoms with Crippen LogP contribution in [0.15, 0.2) is 11.6 Å². The molecular weight excluding hydrogens is 268 g/mol. The standard InChI is InChI=1S/C17H30O2S/c1-4-17(19,5-2)12-20-11-13-8-9-14-15(18)7-6-10-16(13,14)3/h8,14-15,18-19H,4-7,9-12H2,1-3H3/t14?,15-,16?/m0/s1. The molecule has 0 bridgehead atoms. The van der Waals surface area contributed by atoms with Crippen molar-refractivity contribution in [3.63, 3.8) is 0 Å². The highest BCUT2D eigenvalue weighted by molar-refractivity contribution is 7.99. The Morgan fingerprint density at radius 3 is 2.75 bits per heavy atom. The summed E-state index contributed by atoms with van der Waals surface area (Å²) in [6.45, 7) is 6.47. The zero-order valence-corrected chi connectivity index (χ0v) is 14.0. The highest BCUT2D eigenvalue weighted by atomic mass is 32.2. The lowest BCUT2D eigenvalue weighted by atomic mass is 9.65. The van der Waals surface area contributed by atoms with Crippen molar-refractivity contribution >= 4 is 11.8 Å². The molecule has 2 nitrogen and oxygen atoms in total. The molecule has 2 aliphatic rings. The van der Waals surface area contributed by atoms with Gasteiger partial charge in [0.15, 0.2) is 0 Å². The van der Waals surface area contributed by atoms with E-state index in [1.54, 1.807) is 0 Å². The Bertz CT molecular complexity index is 362. The van der Waals surface area contributed by atoms with Crippen LogP contribution in [0, 0.1) is 11.3 Å². The van der Waals surface area contributed by atoms with Crippen molar-refractivity contribution in [2.75, 3.05) is 11.5 Å². The molecule has 116 valence electrons. The van der Waals surface area contributed by atoms with E-state index in [-0.39, 0.29) is 11.5 Å². The fourth-order valence-electron chi connectivity index (χ4n) is 3.84. The lowest BCUT2D eigenvalue weighted by molar-refractivity contribution is 0.0114. The summed E-state index contributed by atoms with van der Waals surface area (Å²) in [4.78, 5) is 0. The predicted octanol–water partition coefficient (Wildman–Crippen LogP) is 3.77. The van der Waals surface area contributed by atoms with E-state index in [1.807, 2.05) is 11.8 Å². The number of allylic oxidation sites excluding steroid dienone is 1. The highest BCUT2D eigenvalue weighted by Gasteiger charge is 2.46. The van der Waals surface area contributed by atoms with Gasteiger partial charge in [-0.1, -0.05) is 32.4 Å². The molecule has 2 N–H and O–H groups in total. The second-order valence-corrected chi connectivity index (χ2v) is 7.86. The molecule has 1 fully saturated rings. The second kappa shape index (κ2) is 6.41. The number of thioether (sulfide) groups is 1. The van der Waals surface area contributed by atoms with E-state index in [2.05, 4.69) is 26.8 Å². The topological polar surface area (TPSA) is 40.5 Å². The van der Waals surface area contributed by atoms with E-state index in [0.29, 0.717) is 5.92 Å². The van der Waals surface area contributed by atoms with Gasteiger partial charge in [0, 0.05) is 11.5 Å². The van der Waals surface area contributed by atoms with E-state index in [9.17, 15) is 10.2 Å². The van der Waals surface area contributed by atoms with Crippen molar-refractivity contribution < 1.29 is 10.2 Å². The smallest absolute Gasteiger partial charge is 0.0732 e. The Morgan fingerprint density at radius 1 is 1.40 bits per heavy atom. The number of fused-ring (bicyclic) bond motifs is 1. The first-order valence-corrected chi connectivity index (χ1v) is 9.28. The monoisotopic (exact) mass is 298 g/mol. The van der Waals surface area contributed by atoms with Crippen molar-refractivity contribution in [3.8, 4) is 0 Å². The van der Waals surface area contributed by atoms with Gasteiger partial charge in [-0.2, -0.15) is 11.8 Å². The molecule has 0 saturated heterocycles. The Kier molecular flexibility index (Phi) is 5.25. The SMILES string of the molecule is CCC(O)(CC)CSCC1=CCC2[C@@H](O)CCCC12C. The molecule has 3 atom stereocenters. The summed E-state index contributed by atoms with van der Waals surface area (Å²) in [5.74, 6) is 2.27. The molecule has 3 heteroatoms. The number of hydrogen-bond donors (Lipinski definition) is 2. The quantitative estimate of drug-likeness (QED) is 0.733. The number of aliphatic hydroxyl groups is 2. The minimum Gasteiger partial charge on any atom is -0.393 e. The number of hydrogen-bond acceptors (Lipinski definition) is 3. The van der Waals surface area contributed by atoms with Gasteiger partial charge >= 0.3 is 0 Å². The third-order valence-electron chi connectivity index (χ3n) is 5.78. The summed E-state index contributed by atoms with van der Waals surface area (Å²) in [5.41, 5.74) is 1.22. The summed E-state index contributed by atoms with van der Waals surface area (Å²) in [6, 6.07) is 0. The Hall–Kier alpha value is 0.01000. The Labute approximate surface area is 128 Å². The molecule has 0 radical (unpaired) electrons. The third-order valence-corrected chi connectivity index (χ3v) is 7.03. The van der Waals surface area contributed by atoms with Crippen LogP contribution in [0.5, 0.6) is 0 Å². The normalized spacial score (nSPS) is 34.0. The number of aliphatic hydroxyl groups excluding tert-OH is 1. The second-order valence-electron chi connectivity index (χ2n) is 6.87. The van der Waals surface area contributed by atoms with Crippen molar-refractivity contribution in [2.45, 2.75) is 71.0 Å². The summed E-state index contributed by atoms with van der Waals surface area (Å²) in [5, 5.41) is 20.6. The Balaban J connectivity index is 1.91. The molecule has 0 aromatic carbocycles. The fourth-order valence-corrected chi connectivity index (χ4v) is 5.39. The Morgan fingerprint density at radius 2 is 2.10 bits per heavy atom. The maximum absolute atomic E-state index is 10.4. The maximum Gasteiger partial charge on any atom is 0.0732 e. The molecule has 0 spiro atoms. The lowest BCUT2D eigenvalue weighted by Crippen LogP contribution is -2.39. The van der Waals surface area contributed by atoms with Crippen molar-refractivity contribution in [2.24, 2.45) is 11.3 Å². The third kappa shape index (κ3) is 3.10. The van der Waals surface area contributed by atoms with Gasteiger partial charge in [0.2, 0.25) is 0 Å². The van der Waals surface area contributed by atoms with Gasteiger partial charge in [-0.15, -0.1) is 0 Å². The van der Waals surface area contributed by atoms with Gasteiger partial charge in [0.25, 0.3) is 0 Å². The molecule has 0 heterocycles. The maximum atomic E-state index is 10.4. The zero-order valence-electron chi connectivity index (χ0n) is 13.2. The molecule has 1 saturated carbocycles. The minimum atomic E-state index is -0.504. The van der Waals surface area contributed by atoms with E-state index >= 15 is 0 Å². The molecular formula is C17H30O2S. The van der Waals surface area contributed by atoms with Gasteiger partial charge in [-0.3, -0.25) is 0 Å². The zero-order chi connectivity index (χ0) is 14.8. The van der Waals surface area contributed by atoms with Gasteiger partial charge in [0.05, 0.1) is 11.7 Å². The summed E-state index contributed by atoms with van der Waals surface area (Å²) < 4.78 is 0. The first kappa shape index (κ1) is 16.4. The lowest BCUT2D eigenvalue weighted by Gasteiger charge is -2.42. The van der Waals surface area contributed by atoms with Crippen LogP contribution in [-0.2, 0) is 0 Å². The van der Waals surface area contributed by atoms with E-state index in [1.165, 1.54) is 12.0 Å². The van der Waals surface area contributed by atoms with Crippen molar-refractivity contribution in [3.05, 3.63) is 11.6 Å².